The number of carbonyl (C=O) groups excluding carboxylic acids is 1. The molecule has 0 unspecified atom stereocenters. The highest BCUT2D eigenvalue weighted by Crippen LogP contribution is 2.29. The highest BCUT2D eigenvalue weighted by molar-refractivity contribution is 7.13. The third-order valence-electron chi connectivity index (χ3n) is 3.43. The molecule has 1 N–H and O–H groups in total. The first-order valence-corrected chi connectivity index (χ1v) is 7.85. The summed E-state index contributed by atoms with van der Waals surface area (Å²) in [6.07, 6.45) is 1.65. The molecule has 0 aliphatic heterocycles. The molecule has 2 aromatic carbocycles. The van der Waals surface area contributed by atoms with Crippen LogP contribution in [-0.2, 0) is 0 Å². The van der Waals surface area contributed by atoms with Gasteiger partial charge in [0.2, 0.25) is 0 Å². The van der Waals surface area contributed by atoms with Gasteiger partial charge in [0.1, 0.15) is 5.52 Å². The van der Waals surface area contributed by atoms with E-state index in [0.717, 1.165) is 16.5 Å². The molecule has 2 heterocycles. The van der Waals surface area contributed by atoms with Gasteiger partial charge in [0.05, 0.1) is 5.39 Å². The molecule has 0 saturated heterocycles. The van der Waals surface area contributed by atoms with Crippen molar-refractivity contribution in [3.05, 3.63) is 65.7 Å². The van der Waals surface area contributed by atoms with Crippen molar-refractivity contribution in [2.75, 3.05) is 5.32 Å². The summed E-state index contributed by atoms with van der Waals surface area (Å²) >= 11 is 1.38. The molecule has 0 spiro atoms. The largest absolute Gasteiger partial charge is 0.355 e. The van der Waals surface area contributed by atoms with E-state index in [-0.39, 0.29) is 5.91 Å². The molecule has 4 rings (SSSR count). The van der Waals surface area contributed by atoms with Gasteiger partial charge in [-0.05, 0) is 18.2 Å². The van der Waals surface area contributed by atoms with Gasteiger partial charge in [0.25, 0.3) is 5.91 Å². The van der Waals surface area contributed by atoms with Crippen LogP contribution in [0.3, 0.4) is 0 Å². The summed E-state index contributed by atoms with van der Waals surface area (Å²) in [5.41, 5.74) is 2.18. The highest BCUT2D eigenvalue weighted by Gasteiger charge is 2.14. The molecular formula is C17H11N3O2S. The summed E-state index contributed by atoms with van der Waals surface area (Å²) in [6, 6.07) is 15.0. The Balaban J connectivity index is 1.74. The average Bonchev–Trinajstić information content (AvgIpc) is 3.24. The summed E-state index contributed by atoms with van der Waals surface area (Å²) in [5, 5.41) is 10.0. The van der Waals surface area contributed by atoms with Crippen LogP contribution in [0.2, 0.25) is 0 Å². The van der Waals surface area contributed by atoms with Crippen molar-refractivity contribution >= 4 is 33.3 Å². The second-order valence-electron chi connectivity index (χ2n) is 4.90. The number of nitrogens with zero attached hydrogens (tertiary/aromatic N) is 2. The van der Waals surface area contributed by atoms with Crippen molar-refractivity contribution in [3.63, 3.8) is 0 Å². The number of anilines is 1. The van der Waals surface area contributed by atoms with E-state index in [1.54, 1.807) is 24.4 Å². The van der Waals surface area contributed by atoms with Gasteiger partial charge in [-0.25, -0.2) is 4.98 Å². The Morgan fingerprint density at radius 2 is 2.00 bits per heavy atom. The predicted octanol–water partition coefficient (Wildman–Crippen LogP) is 4.20. The summed E-state index contributed by atoms with van der Waals surface area (Å²) in [6.45, 7) is 0. The number of nitrogens with one attached hydrogen (secondary N) is 1. The fraction of sp³-hybridized carbons (Fsp3) is 0. The average molecular weight is 321 g/mol. The lowest BCUT2D eigenvalue weighted by Gasteiger charge is -2.02. The van der Waals surface area contributed by atoms with Crippen LogP contribution in [0.5, 0.6) is 0 Å². The highest BCUT2D eigenvalue weighted by atomic mass is 32.1. The van der Waals surface area contributed by atoms with Crippen LogP contribution < -0.4 is 5.32 Å². The fourth-order valence-electron chi connectivity index (χ4n) is 2.33. The lowest BCUT2D eigenvalue weighted by Crippen LogP contribution is -2.11. The normalized spacial score (nSPS) is 10.8. The van der Waals surface area contributed by atoms with Crippen molar-refractivity contribution in [1.29, 1.82) is 0 Å². The minimum absolute atomic E-state index is 0.206. The molecule has 23 heavy (non-hydrogen) atoms. The second-order valence-corrected chi connectivity index (χ2v) is 5.80. The lowest BCUT2D eigenvalue weighted by atomic mass is 10.1. The summed E-state index contributed by atoms with van der Waals surface area (Å²) < 4.78 is 5.45. The fourth-order valence-corrected chi connectivity index (χ4v) is 2.86. The second kappa shape index (κ2) is 5.66. The number of carbonyl (C=O) groups is 1. The first-order chi connectivity index (χ1) is 11.3. The first kappa shape index (κ1) is 13.7. The maximum Gasteiger partial charge on any atom is 0.257 e. The van der Waals surface area contributed by atoms with Crippen LogP contribution >= 0.6 is 11.3 Å². The third kappa shape index (κ3) is 2.60. The smallest absolute Gasteiger partial charge is 0.257 e. The van der Waals surface area contributed by atoms with Crippen LogP contribution in [0.15, 0.2) is 64.6 Å². The van der Waals surface area contributed by atoms with Crippen molar-refractivity contribution in [2.45, 2.75) is 0 Å². The van der Waals surface area contributed by atoms with Crippen molar-refractivity contribution < 1.29 is 9.32 Å². The summed E-state index contributed by atoms with van der Waals surface area (Å²) in [7, 11) is 0. The zero-order chi connectivity index (χ0) is 15.6. The van der Waals surface area contributed by atoms with Crippen LogP contribution in [0, 0.1) is 0 Å². The minimum atomic E-state index is -0.206. The maximum atomic E-state index is 12.3. The Bertz CT molecular complexity index is 962. The monoisotopic (exact) mass is 321 g/mol. The van der Waals surface area contributed by atoms with E-state index in [4.69, 9.17) is 4.52 Å². The number of fused-ring (bicyclic) bond motifs is 1. The SMILES string of the molecule is O=C(Nc1nccs1)c1ccc2noc(-c3ccccc3)c2c1. The summed E-state index contributed by atoms with van der Waals surface area (Å²) in [4.78, 5) is 16.4. The molecule has 0 bridgehead atoms. The number of thiazole rings is 1. The zero-order valence-electron chi connectivity index (χ0n) is 11.9. The molecule has 0 fully saturated rings. The Morgan fingerprint density at radius 3 is 2.78 bits per heavy atom. The molecule has 0 aliphatic carbocycles. The number of aromatic nitrogens is 2. The summed E-state index contributed by atoms with van der Waals surface area (Å²) in [5.74, 6) is 0.451. The third-order valence-corrected chi connectivity index (χ3v) is 4.12. The van der Waals surface area contributed by atoms with Gasteiger partial charge in [-0.3, -0.25) is 10.1 Å². The molecule has 0 radical (unpaired) electrons. The number of amides is 1. The van der Waals surface area contributed by atoms with Gasteiger partial charge in [0.15, 0.2) is 10.9 Å². The molecule has 5 nitrogen and oxygen atoms in total. The van der Waals surface area contributed by atoms with Crippen molar-refractivity contribution in [2.24, 2.45) is 0 Å². The Labute approximate surface area is 135 Å². The standard InChI is InChI=1S/C17H11N3O2S/c21-16(19-17-18-8-9-23-17)12-6-7-14-13(10-12)15(22-20-14)11-4-2-1-3-5-11/h1-10H,(H,18,19,21). The number of rotatable bonds is 3. The van der Waals surface area contributed by atoms with Gasteiger partial charge >= 0.3 is 0 Å². The quantitative estimate of drug-likeness (QED) is 0.614. The van der Waals surface area contributed by atoms with E-state index < -0.39 is 0 Å². The van der Waals surface area contributed by atoms with Gasteiger partial charge in [-0.2, -0.15) is 0 Å². The topological polar surface area (TPSA) is 68.0 Å². The van der Waals surface area contributed by atoms with Crippen molar-refractivity contribution in [1.82, 2.24) is 10.1 Å². The van der Waals surface area contributed by atoms with Crippen LogP contribution in [0.4, 0.5) is 5.13 Å². The van der Waals surface area contributed by atoms with Crippen LogP contribution in [-0.4, -0.2) is 16.0 Å². The minimum Gasteiger partial charge on any atom is -0.355 e. The van der Waals surface area contributed by atoms with Gasteiger partial charge in [-0.1, -0.05) is 35.5 Å². The first-order valence-electron chi connectivity index (χ1n) is 6.97. The Hall–Kier alpha value is -2.99. The molecule has 0 saturated carbocycles. The van der Waals surface area contributed by atoms with Gasteiger partial charge in [-0.15, -0.1) is 11.3 Å². The molecule has 6 heteroatoms. The van der Waals surface area contributed by atoms with E-state index in [0.29, 0.717) is 16.5 Å². The maximum absolute atomic E-state index is 12.3. The van der Waals surface area contributed by atoms with E-state index in [1.807, 2.05) is 35.7 Å². The molecule has 0 aliphatic rings. The number of hydrogen-bond donors (Lipinski definition) is 1. The molecule has 0 atom stereocenters. The molecule has 2 aromatic heterocycles. The zero-order valence-corrected chi connectivity index (χ0v) is 12.7. The van der Waals surface area contributed by atoms with Crippen molar-refractivity contribution in [3.8, 4) is 11.3 Å². The van der Waals surface area contributed by atoms with Crippen LogP contribution in [0.25, 0.3) is 22.2 Å². The van der Waals surface area contributed by atoms with Gasteiger partial charge < -0.3 is 4.52 Å². The lowest BCUT2D eigenvalue weighted by molar-refractivity contribution is 0.102. The van der Waals surface area contributed by atoms with E-state index in [2.05, 4.69) is 15.5 Å². The van der Waals surface area contributed by atoms with E-state index in [9.17, 15) is 4.79 Å². The Kier molecular flexibility index (Phi) is 3.36. The molecule has 4 aromatic rings. The van der Waals surface area contributed by atoms with E-state index >= 15 is 0 Å². The Morgan fingerprint density at radius 1 is 1.13 bits per heavy atom. The van der Waals surface area contributed by atoms with Gasteiger partial charge in [0, 0.05) is 22.7 Å². The van der Waals surface area contributed by atoms with Crippen LogP contribution in [0.1, 0.15) is 10.4 Å². The number of benzene rings is 2. The molecular weight excluding hydrogens is 310 g/mol. The predicted molar refractivity (Wildman–Crippen MR) is 89.5 cm³/mol. The molecule has 112 valence electrons. The molecule has 1 amide bonds. The number of hydrogen-bond acceptors (Lipinski definition) is 5. The van der Waals surface area contributed by atoms with E-state index in [1.165, 1.54) is 11.3 Å².